The molecule has 52 heavy (non-hydrogen) atoms. The van der Waals surface area contributed by atoms with Gasteiger partial charge in [0.1, 0.15) is 13.2 Å². The Morgan fingerprint density at radius 3 is 1.48 bits per heavy atom. The molecular formula is C43H88N2O6P+. The predicted molar refractivity (Wildman–Crippen MR) is 222 cm³/mol. The summed E-state index contributed by atoms with van der Waals surface area (Å²) in [5.41, 5.74) is 0. The van der Waals surface area contributed by atoms with Crippen molar-refractivity contribution in [1.82, 2.24) is 5.32 Å². The van der Waals surface area contributed by atoms with Crippen molar-refractivity contribution >= 4 is 13.7 Å². The number of nitrogens with one attached hydrogen (secondary N) is 1. The molecule has 0 aromatic heterocycles. The number of allylic oxidation sites excluding steroid dienone is 2. The van der Waals surface area contributed by atoms with Crippen molar-refractivity contribution in [1.29, 1.82) is 0 Å². The van der Waals surface area contributed by atoms with Gasteiger partial charge in [-0.25, -0.2) is 4.57 Å². The minimum absolute atomic E-state index is 0.0717. The van der Waals surface area contributed by atoms with Gasteiger partial charge < -0.3 is 19.8 Å². The molecule has 0 aliphatic carbocycles. The number of rotatable bonds is 40. The van der Waals surface area contributed by atoms with Gasteiger partial charge in [0, 0.05) is 6.42 Å². The molecule has 0 heterocycles. The Balaban J connectivity index is 4.19. The number of quaternary nitrogens is 1. The lowest BCUT2D eigenvalue weighted by molar-refractivity contribution is -0.870. The van der Waals surface area contributed by atoms with Crippen LogP contribution in [0.4, 0.5) is 0 Å². The topological polar surface area (TPSA) is 105 Å². The summed E-state index contributed by atoms with van der Waals surface area (Å²) in [6, 6.07) is -0.769. The summed E-state index contributed by atoms with van der Waals surface area (Å²) >= 11 is 0. The average Bonchev–Trinajstić information content (AvgIpc) is 3.09. The van der Waals surface area contributed by atoms with Crippen LogP contribution < -0.4 is 5.32 Å². The number of aliphatic hydroxyl groups is 1. The fourth-order valence-electron chi connectivity index (χ4n) is 6.45. The summed E-state index contributed by atoms with van der Waals surface area (Å²) in [4.78, 5) is 23.1. The second-order valence-corrected chi connectivity index (χ2v) is 17.9. The highest BCUT2D eigenvalue weighted by atomic mass is 31.2. The number of amides is 1. The van der Waals surface area contributed by atoms with E-state index in [1.54, 1.807) is 0 Å². The molecule has 0 aliphatic heterocycles. The lowest BCUT2D eigenvalue weighted by Gasteiger charge is -2.26. The number of nitrogens with zero attached hydrogens (tertiary/aromatic N) is 1. The van der Waals surface area contributed by atoms with E-state index in [9.17, 15) is 19.4 Å². The molecule has 0 rings (SSSR count). The number of unbranched alkanes of at least 4 members (excludes halogenated alkanes) is 25. The van der Waals surface area contributed by atoms with Crippen molar-refractivity contribution < 1.29 is 32.9 Å². The van der Waals surface area contributed by atoms with Crippen LogP contribution in [0.5, 0.6) is 0 Å². The second-order valence-electron chi connectivity index (χ2n) is 16.4. The molecular weight excluding hydrogens is 671 g/mol. The van der Waals surface area contributed by atoms with Gasteiger partial charge in [-0.2, -0.15) is 0 Å². The summed E-state index contributed by atoms with van der Waals surface area (Å²) in [6.07, 6.45) is 39.7. The first kappa shape index (κ1) is 51.2. The average molecular weight is 760 g/mol. The smallest absolute Gasteiger partial charge is 0.391 e. The van der Waals surface area contributed by atoms with Crippen LogP contribution in [0.1, 0.15) is 206 Å². The van der Waals surface area contributed by atoms with E-state index in [-0.39, 0.29) is 19.1 Å². The Kier molecular flexibility index (Phi) is 35.4. The number of aliphatic hydroxyl groups excluding tert-OH is 1. The molecule has 0 aliphatic rings. The minimum Gasteiger partial charge on any atom is -0.391 e. The molecule has 0 aromatic rings. The molecule has 310 valence electrons. The maximum Gasteiger partial charge on any atom is 0.472 e. The van der Waals surface area contributed by atoms with Crippen molar-refractivity contribution in [3.8, 4) is 0 Å². The van der Waals surface area contributed by atoms with Crippen LogP contribution in [0.15, 0.2) is 12.2 Å². The van der Waals surface area contributed by atoms with E-state index >= 15 is 0 Å². The summed E-state index contributed by atoms with van der Waals surface area (Å²) < 4.78 is 23.5. The van der Waals surface area contributed by atoms with Crippen LogP contribution in [-0.2, 0) is 18.4 Å². The van der Waals surface area contributed by atoms with E-state index < -0.39 is 20.0 Å². The molecule has 8 nitrogen and oxygen atoms in total. The Morgan fingerprint density at radius 1 is 0.635 bits per heavy atom. The quantitative estimate of drug-likeness (QED) is 0.0249. The van der Waals surface area contributed by atoms with Gasteiger partial charge in [0.15, 0.2) is 0 Å². The van der Waals surface area contributed by atoms with Crippen LogP contribution in [0, 0.1) is 0 Å². The summed E-state index contributed by atoms with van der Waals surface area (Å²) in [7, 11) is 1.60. The first-order chi connectivity index (χ1) is 25.0. The molecule has 0 fully saturated rings. The zero-order chi connectivity index (χ0) is 38.6. The molecule has 0 aromatic carbocycles. The van der Waals surface area contributed by atoms with Gasteiger partial charge in [0.25, 0.3) is 0 Å². The maximum absolute atomic E-state index is 12.8. The van der Waals surface area contributed by atoms with Gasteiger partial charge in [-0.15, -0.1) is 0 Å². The van der Waals surface area contributed by atoms with Crippen LogP contribution >= 0.6 is 7.82 Å². The second kappa shape index (κ2) is 35.9. The largest absolute Gasteiger partial charge is 0.472 e. The van der Waals surface area contributed by atoms with E-state index in [1.165, 1.54) is 135 Å². The predicted octanol–water partition coefficient (Wildman–Crippen LogP) is 12.0. The van der Waals surface area contributed by atoms with Crippen molar-refractivity contribution in [3.63, 3.8) is 0 Å². The Morgan fingerprint density at radius 2 is 1.04 bits per heavy atom. The van der Waals surface area contributed by atoms with Crippen LogP contribution in [0.2, 0.25) is 0 Å². The van der Waals surface area contributed by atoms with Crippen LogP contribution in [0.25, 0.3) is 0 Å². The van der Waals surface area contributed by atoms with E-state index in [2.05, 4.69) is 31.3 Å². The molecule has 0 saturated carbocycles. The van der Waals surface area contributed by atoms with Crippen molar-refractivity contribution in [2.75, 3.05) is 40.9 Å². The van der Waals surface area contributed by atoms with Gasteiger partial charge >= 0.3 is 7.82 Å². The molecule has 9 heteroatoms. The van der Waals surface area contributed by atoms with Crippen molar-refractivity contribution in [2.45, 2.75) is 219 Å². The monoisotopic (exact) mass is 760 g/mol. The Hall–Kier alpha value is -0.760. The number of hydrogen-bond donors (Lipinski definition) is 3. The number of likely N-dealkylation sites (N-methyl/N-ethyl adjacent to an activating group) is 1. The highest BCUT2D eigenvalue weighted by molar-refractivity contribution is 7.47. The minimum atomic E-state index is -4.31. The summed E-state index contributed by atoms with van der Waals surface area (Å²) in [6.45, 7) is 4.83. The van der Waals surface area contributed by atoms with Gasteiger partial charge in [0.05, 0.1) is 39.9 Å². The normalized spacial score (nSPS) is 14.5. The Labute approximate surface area is 322 Å². The molecule has 0 radical (unpaired) electrons. The fraction of sp³-hybridized carbons (Fsp3) is 0.930. The maximum atomic E-state index is 12.8. The number of phosphoric ester groups is 1. The molecule has 3 N–H and O–H groups in total. The first-order valence-corrected chi connectivity index (χ1v) is 23.5. The van der Waals surface area contributed by atoms with E-state index in [1.807, 2.05) is 21.1 Å². The van der Waals surface area contributed by atoms with E-state index in [4.69, 9.17) is 9.05 Å². The standard InChI is InChI=1S/C43H87N2O6P/c1-6-8-10-12-14-16-17-18-19-20-21-22-23-24-25-26-27-29-31-33-35-37-43(47)44-41(40-51-52(48,49)50-39-38-45(3,4)5)42(46)36-34-32-30-28-15-13-11-9-7-2/h15,28,41-42,46H,6-14,16-27,29-40H2,1-5H3,(H-,44,47,48,49)/p+1/b28-15+/t41-,42+/m0/s1. The van der Waals surface area contributed by atoms with Gasteiger partial charge in [-0.05, 0) is 38.5 Å². The highest BCUT2D eigenvalue weighted by Gasteiger charge is 2.28. The van der Waals surface area contributed by atoms with Gasteiger partial charge in [-0.3, -0.25) is 13.8 Å². The van der Waals surface area contributed by atoms with Crippen LogP contribution in [0.3, 0.4) is 0 Å². The number of carbonyl (C=O) groups excluding carboxylic acids is 1. The van der Waals surface area contributed by atoms with E-state index in [0.29, 0.717) is 23.9 Å². The van der Waals surface area contributed by atoms with Crippen molar-refractivity contribution in [2.24, 2.45) is 0 Å². The van der Waals surface area contributed by atoms with Gasteiger partial charge in [0.2, 0.25) is 5.91 Å². The Bertz CT molecular complexity index is 865. The fourth-order valence-corrected chi connectivity index (χ4v) is 7.19. The molecule has 0 bridgehead atoms. The first-order valence-electron chi connectivity index (χ1n) is 22.1. The summed E-state index contributed by atoms with van der Waals surface area (Å²) in [5.74, 6) is -0.154. The zero-order valence-electron chi connectivity index (χ0n) is 35.1. The molecule has 3 atom stereocenters. The SMILES string of the molecule is CCCCC/C=C/CCCC[C@@H](O)[C@H](COP(=O)(O)OCC[N+](C)(C)C)NC(=O)CCCCCCCCCCCCCCCCCCCCCCC. The third kappa shape index (κ3) is 37.6. The third-order valence-electron chi connectivity index (χ3n) is 10.0. The highest BCUT2D eigenvalue weighted by Crippen LogP contribution is 2.43. The summed E-state index contributed by atoms with van der Waals surface area (Å²) in [5, 5.41) is 13.9. The van der Waals surface area contributed by atoms with E-state index in [0.717, 1.165) is 44.9 Å². The van der Waals surface area contributed by atoms with Gasteiger partial charge in [-0.1, -0.05) is 174 Å². The number of carbonyl (C=O) groups is 1. The van der Waals surface area contributed by atoms with Crippen molar-refractivity contribution in [3.05, 3.63) is 12.2 Å². The lowest BCUT2D eigenvalue weighted by atomic mass is 10.0. The third-order valence-corrected chi connectivity index (χ3v) is 11.0. The molecule has 0 saturated heterocycles. The molecule has 1 amide bonds. The number of hydrogen-bond acceptors (Lipinski definition) is 5. The molecule has 0 spiro atoms. The van der Waals surface area contributed by atoms with Crippen LogP contribution in [-0.4, -0.2) is 73.4 Å². The molecule has 1 unspecified atom stereocenters. The lowest BCUT2D eigenvalue weighted by Crippen LogP contribution is -2.46. The number of phosphoric acid groups is 1. The zero-order valence-corrected chi connectivity index (χ0v) is 36.0.